The van der Waals surface area contributed by atoms with Crippen molar-refractivity contribution in [3.63, 3.8) is 0 Å². The summed E-state index contributed by atoms with van der Waals surface area (Å²) >= 11 is 16.9. The number of benzene rings is 2. The fourth-order valence-corrected chi connectivity index (χ4v) is 1.85. The van der Waals surface area contributed by atoms with Gasteiger partial charge in [0.05, 0.1) is 16.3 Å². The van der Waals surface area contributed by atoms with Crippen molar-refractivity contribution in [3.8, 4) is 0 Å². The highest BCUT2D eigenvalue weighted by Gasteiger charge is 2.00. The maximum Gasteiger partial charge on any atom is 0.191 e. The van der Waals surface area contributed by atoms with E-state index < -0.39 is 0 Å². The normalized spacial score (nSPS) is 10.5. The molecular weight excluding hydrogens is 313 g/mol. The first kappa shape index (κ1) is 14.8. The molecule has 3 nitrogen and oxygen atoms in total. The fraction of sp³-hybridized carbons (Fsp3) is 0. The van der Waals surface area contributed by atoms with E-state index in [9.17, 15) is 0 Å². The molecule has 0 saturated carbocycles. The number of hydrogen-bond donors (Lipinski definition) is 2. The molecule has 0 aliphatic carbocycles. The molecule has 1 radical (unpaired) electrons. The minimum absolute atomic E-state index is 0.361. The van der Waals surface area contributed by atoms with Crippen molar-refractivity contribution in [1.82, 2.24) is 5.43 Å². The highest BCUT2D eigenvalue weighted by molar-refractivity contribution is 7.80. The summed E-state index contributed by atoms with van der Waals surface area (Å²) in [5, 5.41) is 8.29. The largest absolute Gasteiger partial charge is 0.331 e. The second-order valence-corrected chi connectivity index (χ2v) is 5.01. The van der Waals surface area contributed by atoms with Gasteiger partial charge in [-0.1, -0.05) is 41.4 Å². The zero-order chi connectivity index (χ0) is 14.4. The Morgan fingerprint density at radius 1 is 1.25 bits per heavy atom. The van der Waals surface area contributed by atoms with Crippen molar-refractivity contribution in [1.29, 1.82) is 0 Å². The van der Waals surface area contributed by atoms with E-state index in [4.69, 9.17) is 35.4 Å². The highest BCUT2D eigenvalue weighted by Crippen LogP contribution is 2.24. The number of thiocarbonyl (C=S) groups is 1. The molecule has 0 amide bonds. The van der Waals surface area contributed by atoms with Gasteiger partial charge in [-0.2, -0.15) is 5.10 Å². The lowest BCUT2D eigenvalue weighted by atomic mass is 10.2. The summed E-state index contributed by atoms with van der Waals surface area (Å²) in [5.41, 5.74) is 4.38. The minimum atomic E-state index is 0.361. The zero-order valence-corrected chi connectivity index (χ0v) is 12.6. The molecule has 0 unspecified atom stereocenters. The van der Waals surface area contributed by atoms with Gasteiger partial charge in [-0.3, -0.25) is 5.43 Å². The van der Waals surface area contributed by atoms with Crippen molar-refractivity contribution in [2.24, 2.45) is 5.10 Å². The van der Waals surface area contributed by atoms with Gasteiger partial charge in [-0.05, 0) is 48.1 Å². The average molecular weight is 323 g/mol. The minimum Gasteiger partial charge on any atom is -0.331 e. The van der Waals surface area contributed by atoms with Crippen LogP contribution in [0.15, 0.2) is 47.6 Å². The van der Waals surface area contributed by atoms with Gasteiger partial charge >= 0.3 is 0 Å². The topological polar surface area (TPSA) is 36.4 Å². The first-order valence-electron chi connectivity index (χ1n) is 5.66. The summed E-state index contributed by atoms with van der Waals surface area (Å²) in [7, 11) is 0. The maximum atomic E-state index is 5.91. The van der Waals surface area contributed by atoms with Crippen LogP contribution in [0.1, 0.15) is 5.56 Å². The molecule has 0 aliphatic rings. The van der Waals surface area contributed by atoms with Gasteiger partial charge in [0, 0.05) is 5.69 Å². The van der Waals surface area contributed by atoms with Crippen LogP contribution in [0.5, 0.6) is 0 Å². The number of anilines is 1. The summed E-state index contributed by atoms with van der Waals surface area (Å²) < 4.78 is 0. The molecule has 20 heavy (non-hydrogen) atoms. The molecule has 2 rings (SSSR count). The lowest BCUT2D eigenvalue weighted by Gasteiger charge is -2.07. The van der Waals surface area contributed by atoms with E-state index in [0.717, 1.165) is 11.3 Å². The molecule has 0 heterocycles. The van der Waals surface area contributed by atoms with E-state index in [1.54, 1.807) is 24.4 Å². The Balaban J connectivity index is 1.89. The lowest BCUT2D eigenvalue weighted by Crippen LogP contribution is -2.23. The van der Waals surface area contributed by atoms with Gasteiger partial charge in [0.15, 0.2) is 5.11 Å². The summed E-state index contributed by atoms with van der Waals surface area (Å²) in [5.74, 6) is 0. The van der Waals surface area contributed by atoms with Gasteiger partial charge in [0.2, 0.25) is 0 Å². The van der Waals surface area contributed by atoms with Gasteiger partial charge in [0.25, 0.3) is 0 Å². The van der Waals surface area contributed by atoms with Crippen LogP contribution in [0.2, 0.25) is 10.0 Å². The zero-order valence-electron chi connectivity index (χ0n) is 10.2. The SMILES string of the molecule is S=C(NN=Cc1c[c]ccc1)Nc1ccc(Cl)c(Cl)c1. The third kappa shape index (κ3) is 4.49. The molecule has 0 atom stereocenters. The summed E-state index contributed by atoms with van der Waals surface area (Å²) in [6.07, 6.45) is 1.65. The number of hydrogen-bond acceptors (Lipinski definition) is 2. The van der Waals surface area contributed by atoms with E-state index in [0.29, 0.717) is 15.2 Å². The van der Waals surface area contributed by atoms with Crippen LogP contribution in [0.25, 0.3) is 0 Å². The van der Waals surface area contributed by atoms with Crippen LogP contribution in [0.3, 0.4) is 0 Å². The molecule has 101 valence electrons. The van der Waals surface area contributed by atoms with E-state index >= 15 is 0 Å². The van der Waals surface area contributed by atoms with E-state index in [2.05, 4.69) is 21.9 Å². The quantitative estimate of drug-likeness (QED) is 0.507. The fourth-order valence-electron chi connectivity index (χ4n) is 1.39. The van der Waals surface area contributed by atoms with Gasteiger partial charge < -0.3 is 5.32 Å². The molecule has 0 spiro atoms. The average Bonchev–Trinajstić information content (AvgIpc) is 2.44. The standard InChI is InChI=1S/C14H10Cl2N3S/c15-12-7-6-11(8-13(12)16)18-14(20)19-17-9-10-4-2-1-3-5-10/h1-2,4-9H,(H2,18,19,20). The second kappa shape index (κ2) is 7.24. The van der Waals surface area contributed by atoms with Crippen LogP contribution < -0.4 is 10.7 Å². The Morgan fingerprint density at radius 2 is 2.10 bits per heavy atom. The first-order chi connectivity index (χ1) is 9.65. The Labute approximate surface area is 132 Å². The Kier molecular flexibility index (Phi) is 5.35. The van der Waals surface area contributed by atoms with Crippen LogP contribution in [0, 0.1) is 6.07 Å². The van der Waals surface area contributed by atoms with Gasteiger partial charge in [-0.25, -0.2) is 0 Å². The Bertz CT molecular complexity index is 630. The molecule has 2 N–H and O–H groups in total. The number of nitrogens with one attached hydrogen (secondary N) is 2. The molecule has 0 fully saturated rings. The van der Waals surface area contributed by atoms with Crippen molar-refractivity contribution < 1.29 is 0 Å². The molecule has 2 aromatic rings. The van der Waals surface area contributed by atoms with Crippen LogP contribution in [0.4, 0.5) is 5.69 Å². The predicted molar refractivity (Wildman–Crippen MR) is 88.7 cm³/mol. The van der Waals surface area contributed by atoms with E-state index in [1.165, 1.54) is 0 Å². The smallest absolute Gasteiger partial charge is 0.191 e. The summed E-state index contributed by atoms with van der Waals surface area (Å²) in [4.78, 5) is 0. The number of halogens is 2. The maximum absolute atomic E-state index is 5.91. The molecule has 6 heteroatoms. The van der Waals surface area contributed by atoms with Crippen molar-refractivity contribution >= 4 is 52.4 Å². The number of rotatable bonds is 3. The number of nitrogens with zero attached hydrogens (tertiary/aromatic N) is 1. The van der Waals surface area contributed by atoms with Crippen molar-refractivity contribution in [3.05, 3.63) is 64.1 Å². The Morgan fingerprint density at radius 3 is 2.80 bits per heavy atom. The molecule has 2 aromatic carbocycles. The molecule has 0 aromatic heterocycles. The summed E-state index contributed by atoms with van der Waals surface area (Å²) in [6.45, 7) is 0. The molecule has 0 bridgehead atoms. The number of hydrazone groups is 1. The van der Waals surface area contributed by atoms with Crippen LogP contribution in [-0.2, 0) is 0 Å². The van der Waals surface area contributed by atoms with E-state index in [-0.39, 0.29) is 0 Å². The second-order valence-electron chi connectivity index (χ2n) is 3.79. The van der Waals surface area contributed by atoms with Crippen LogP contribution in [-0.4, -0.2) is 11.3 Å². The lowest BCUT2D eigenvalue weighted by molar-refractivity contribution is 1.05. The van der Waals surface area contributed by atoms with Gasteiger partial charge in [-0.15, -0.1) is 0 Å². The highest BCUT2D eigenvalue weighted by atomic mass is 35.5. The third-order valence-electron chi connectivity index (χ3n) is 2.29. The molecule has 0 aliphatic heterocycles. The molecular formula is C14H10Cl2N3S. The van der Waals surface area contributed by atoms with Crippen molar-refractivity contribution in [2.75, 3.05) is 5.32 Å². The van der Waals surface area contributed by atoms with Crippen molar-refractivity contribution in [2.45, 2.75) is 0 Å². The van der Waals surface area contributed by atoms with Crippen LogP contribution >= 0.6 is 35.4 Å². The Hall–Kier alpha value is -1.62. The van der Waals surface area contributed by atoms with Gasteiger partial charge in [0.1, 0.15) is 0 Å². The third-order valence-corrected chi connectivity index (χ3v) is 3.22. The summed E-state index contributed by atoms with van der Waals surface area (Å²) in [6, 6.07) is 15.5. The molecule has 0 saturated heterocycles. The first-order valence-corrected chi connectivity index (χ1v) is 6.83. The predicted octanol–water partition coefficient (Wildman–Crippen LogP) is 4.11. The van der Waals surface area contributed by atoms with E-state index in [1.807, 2.05) is 24.3 Å². The monoisotopic (exact) mass is 322 g/mol.